The number of hydrogen-bond acceptors (Lipinski definition) is 3. The normalized spacial score (nSPS) is 12.3. The molecule has 20 heavy (non-hydrogen) atoms. The molecule has 0 spiro atoms. The highest BCUT2D eigenvalue weighted by Gasteiger charge is 2.34. The summed E-state index contributed by atoms with van der Waals surface area (Å²) in [6.07, 6.45) is -3.28. The molecule has 0 bridgehead atoms. The fourth-order valence-corrected chi connectivity index (χ4v) is 1.56. The summed E-state index contributed by atoms with van der Waals surface area (Å²) in [5, 5.41) is 20.0. The second-order valence-corrected chi connectivity index (χ2v) is 3.93. The molecular weight excluding hydrogens is 273 g/mol. The molecule has 0 saturated carbocycles. The van der Waals surface area contributed by atoms with Gasteiger partial charge in [-0.05, 0) is 24.6 Å². The number of carboxylic acid groups (broad SMARTS) is 1. The molecule has 106 valence electrons. The first-order valence-electron chi connectivity index (χ1n) is 5.51. The number of rotatable bonds is 5. The van der Waals surface area contributed by atoms with Gasteiger partial charge in [-0.2, -0.15) is 18.4 Å². The SMILES string of the molecule is C=CCC(Nc1ccc(C#N)c(C(F)(F)F)c1)C(=O)O. The minimum absolute atomic E-state index is 0.0226. The van der Waals surface area contributed by atoms with Crippen molar-refractivity contribution in [3.05, 3.63) is 42.0 Å². The van der Waals surface area contributed by atoms with Crippen LogP contribution in [-0.4, -0.2) is 17.1 Å². The van der Waals surface area contributed by atoms with Gasteiger partial charge in [0.15, 0.2) is 0 Å². The number of carboxylic acids is 1. The summed E-state index contributed by atoms with van der Waals surface area (Å²) in [6.45, 7) is 3.38. The van der Waals surface area contributed by atoms with Crippen molar-refractivity contribution < 1.29 is 23.1 Å². The first-order chi connectivity index (χ1) is 9.29. The molecule has 1 atom stereocenters. The fraction of sp³-hybridized carbons (Fsp3) is 0.231. The van der Waals surface area contributed by atoms with Crippen LogP contribution in [0.1, 0.15) is 17.5 Å². The van der Waals surface area contributed by atoms with E-state index in [4.69, 9.17) is 10.4 Å². The Balaban J connectivity index is 3.12. The van der Waals surface area contributed by atoms with E-state index in [9.17, 15) is 18.0 Å². The van der Waals surface area contributed by atoms with Gasteiger partial charge in [-0.25, -0.2) is 4.79 Å². The summed E-state index contributed by atoms with van der Waals surface area (Å²) >= 11 is 0. The third kappa shape index (κ3) is 3.75. The van der Waals surface area contributed by atoms with Crippen LogP contribution >= 0.6 is 0 Å². The minimum atomic E-state index is -4.68. The lowest BCUT2D eigenvalue weighted by Crippen LogP contribution is -2.28. The van der Waals surface area contributed by atoms with Crippen molar-refractivity contribution in [2.45, 2.75) is 18.6 Å². The summed E-state index contributed by atoms with van der Waals surface area (Å²) in [7, 11) is 0. The molecule has 0 fully saturated rings. The zero-order valence-corrected chi connectivity index (χ0v) is 10.2. The van der Waals surface area contributed by atoms with Crippen LogP contribution in [0.15, 0.2) is 30.9 Å². The summed E-state index contributed by atoms with van der Waals surface area (Å²) in [4.78, 5) is 10.9. The molecule has 4 nitrogen and oxygen atoms in total. The lowest BCUT2D eigenvalue weighted by Gasteiger charge is -2.16. The molecule has 0 amide bonds. The molecule has 0 radical (unpaired) electrons. The molecule has 0 saturated heterocycles. The van der Waals surface area contributed by atoms with Gasteiger partial charge >= 0.3 is 12.1 Å². The van der Waals surface area contributed by atoms with Gasteiger partial charge in [0.2, 0.25) is 0 Å². The maximum Gasteiger partial charge on any atom is 0.417 e. The van der Waals surface area contributed by atoms with Crippen molar-refractivity contribution in [1.29, 1.82) is 5.26 Å². The monoisotopic (exact) mass is 284 g/mol. The van der Waals surface area contributed by atoms with Crippen LogP contribution in [0.3, 0.4) is 0 Å². The molecular formula is C13H11F3N2O2. The van der Waals surface area contributed by atoms with Crippen LogP contribution in [0.5, 0.6) is 0 Å². The van der Waals surface area contributed by atoms with Gasteiger partial charge in [-0.3, -0.25) is 0 Å². The highest BCUT2D eigenvalue weighted by molar-refractivity contribution is 5.77. The van der Waals surface area contributed by atoms with Gasteiger partial charge < -0.3 is 10.4 Å². The summed E-state index contributed by atoms with van der Waals surface area (Å²) in [5.41, 5.74) is -1.64. The molecule has 0 heterocycles. The van der Waals surface area contributed by atoms with Crippen LogP contribution < -0.4 is 5.32 Å². The van der Waals surface area contributed by atoms with E-state index in [1.807, 2.05) is 0 Å². The van der Waals surface area contributed by atoms with E-state index in [1.54, 1.807) is 0 Å². The smallest absolute Gasteiger partial charge is 0.417 e. The van der Waals surface area contributed by atoms with Crippen molar-refractivity contribution in [3.8, 4) is 6.07 Å². The third-order valence-corrected chi connectivity index (χ3v) is 2.49. The Morgan fingerprint density at radius 1 is 1.55 bits per heavy atom. The molecule has 1 rings (SSSR count). The highest BCUT2D eigenvalue weighted by Crippen LogP contribution is 2.33. The Labute approximate surface area is 113 Å². The Kier molecular flexibility index (Phi) is 4.75. The van der Waals surface area contributed by atoms with Crippen molar-refractivity contribution in [2.75, 3.05) is 5.32 Å². The van der Waals surface area contributed by atoms with E-state index >= 15 is 0 Å². The number of aliphatic carboxylic acids is 1. The summed E-state index contributed by atoms with van der Waals surface area (Å²) in [6, 6.07) is 3.32. The molecule has 0 aliphatic rings. The number of anilines is 1. The van der Waals surface area contributed by atoms with E-state index in [0.717, 1.165) is 12.1 Å². The largest absolute Gasteiger partial charge is 0.480 e. The molecule has 1 aromatic carbocycles. The number of halogens is 3. The Bertz CT molecular complexity index is 562. The molecule has 0 aromatic heterocycles. The first kappa shape index (κ1) is 15.6. The number of alkyl halides is 3. The molecule has 1 aromatic rings. The van der Waals surface area contributed by atoms with Gasteiger partial charge in [-0.15, -0.1) is 6.58 Å². The maximum atomic E-state index is 12.7. The number of nitrogens with zero attached hydrogens (tertiary/aromatic N) is 1. The van der Waals surface area contributed by atoms with Crippen LogP contribution in [0.25, 0.3) is 0 Å². The van der Waals surface area contributed by atoms with Crippen LogP contribution in [0.2, 0.25) is 0 Å². The maximum absolute atomic E-state index is 12.7. The van der Waals surface area contributed by atoms with Crippen molar-refractivity contribution in [3.63, 3.8) is 0 Å². The number of nitrogens with one attached hydrogen (secondary N) is 1. The molecule has 7 heteroatoms. The minimum Gasteiger partial charge on any atom is -0.480 e. The van der Waals surface area contributed by atoms with Gasteiger partial charge in [0.25, 0.3) is 0 Å². The topological polar surface area (TPSA) is 73.1 Å². The van der Waals surface area contributed by atoms with E-state index in [-0.39, 0.29) is 12.1 Å². The summed E-state index contributed by atoms with van der Waals surface area (Å²) in [5.74, 6) is -1.21. The van der Waals surface area contributed by atoms with E-state index in [2.05, 4.69) is 11.9 Å². The quantitative estimate of drug-likeness (QED) is 0.815. The Morgan fingerprint density at radius 2 is 2.20 bits per heavy atom. The number of benzene rings is 1. The highest BCUT2D eigenvalue weighted by atomic mass is 19.4. The Hall–Kier alpha value is -2.49. The Morgan fingerprint density at radius 3 is 2.65 bits per heavy atom. The first-order valence-corrected chi connectivity index (χ1v) is 5.51. The second kappa shape index (κ2) is 6.10. The van der Waals surface area contributed by atoms with E-state index < -0.39 is 29.3 Å². The lowest BCUT2D eigenvalue weighted by molar-refractivity contribution is -0.138. The van der Waals surface area contributed by atoms with Gasteiger partial charge in [-0.1, -0.05) is 6.08 Å². The van der Waals surface area contributed by atoms with Gasteiger partial charge in [0.05, 0.1) is 17.2 Å². The predicted molar refractivity (Wildman–Crippen MR) is 66.0 cm³/mol. The van der Waals surface area contributed by atoms with Crippen molar-refractivity contribution >= 4 is 11.7 Å². The number of nitriles is 1. The van der Waals surface area contributed by atoms with Crippen LogP contribution in [-0.2, 0) is 11.0 Å². The zero-order chi connectivity index (χ0) is 15.3. The molecule has 2 N–H and O–H groups in total. The van der Waals surface area contributed by atoms with Gasteiger partial charge in [0, 0.05) is 5.69 Å². The molecule has 0 aliphatic heterocycles. The lowest BCUT2D eigenvalue weighted by atomic mass is 10.1. The number of hydrogen-bond donors (Lipinski definition) is 2. The number of carbonyl (C=O) groups is 1. The van der Waals surface area contributed by atoms with E-state index in [0.29, 0.717) is 0 Å². The third-order valence-electron chi connectivity index (χ3n) is 2.49. The fourth-order valence-electron chi connectivity index (χ4n) is 1.56. The van der Waals surface area contributed by atoms with Crippen LogP contribution in [0, 0.1) is 11.3 Å². The summed E-state index contributed by atoms with van der Waals surface area (Å²) < 4.78 is 38.2. The second-order valence-electron chi connectivity index (χ2n) is 3.93. The van der Waals surface area contributed by atoms with Crippen LogP contribution in [0.4, 0.5) is 18.9 Å². The van der Waals surface area contributed by atoms with Crippen molar-refractivity contribution in [1.82, 2.24) is 0 Å². The van der Waals surface area contributed by atoms with Gasteiger partial charge in [0.1, 0.15) is 6.04 Å². The standard InChI is InChI=1S/C13H11F3N2O2/c1-2-3-11(12(19)20)18-9-5-4-8(7-17)10(6-9)13(14,15)16/h2,4-6,11,18H,1,3H2,(H,19,20). The average Bonchev–Trinajstić information content (AvgIpc) is 2.37. The zero-order valence-electron chi connectivity index (χ0n) is 10.2. The van der Waals surface area contributed by atoms with E-state index in [1.165, 1.54) is 18.2 Å². The molecule has 1 unspecified atom stereocenters. The molecule has 0 aliphatic carbocycles. The van der Waals surface area contributed by atoms with Crippen molar-refractivity contribution in [2.24, 2.45) is 0 Å². The average molecular weight is 284 g/mol. The predicted octanol–water partition coefficient (Wildman–Crippen LogP) is 3.02.